The van der Waals surface area contributed by atoms with E-state index in [-0.39, 0.29) is 11.9 Å². The molecule has 1 saturated carbocycles. The number of anilines is 1. The fraction of sp³-hybridized carbons (Fsp3) is 0.389. The van der Waals surface area contributed by atoms with Crippen LogP contribution in [0.3, 0.4) is 0 Å². The predicted octanol–water partition coefficient (Wildman–Crippen LogP) is 1.98. The maximum Gasteiger partial charge on any atom is 0.319 e. The van der Waals surface area contributed by atoms with Crippen molar-refractivity contribution in [3.05, 3.63) is 47.3 Å². The van der Waals surface area contributed by atoms with Crippen molar-refractivity contribution in [2.24, 2.45) is 7.05 Å². The zero-order valence-electron chi connectivity index (χ0n) is 14.5. The summed E-state index contributed by atoms with van der Waals surface area (Å²) in [6, 6.07) is 7.27. The van der Waals surface area contributed by atoms with Crippen LogP contribution in [0.25, 0.3) is 0 Å². The summed E-state index contributed by atoms with van der Waals surface area (Å²) in [4.78, 5) is 24.2. The number of amides is 3. The van der Waals surface area contributed by atoms with Gasteiger partial charge in [0, 0.05) is 49.2 Å². The van der Waals surface area contributed by atoms with Gasteiger partial charge in [0.15, 0.2) is 0 Å². The van der Waals surface area contributed by atoms with Gasteiger partial charge in [0.05, 0.1) is 0 Å². The van der Waals surface area contributed by atoms with Crippen molar-refractivity contribution in [2.75, 3.05) is 11.9 Å². The topological polar surface area (TPSA) is 88.1 Å². The van der Waals surface area contributed by atoms with Crippen LogP contribution < -0.4 is 16.0 Å². The van der Waals surface area contributed by atoms with Crippen molar-refractivity contribution < 1.29 is 9.59 Å². The first kappa shape index (κ1) is 17.0. The molecule has 1 fully saturated rings. The Morgan fingerprint density at radius 2 is 2.08 bits per heavy atom. The highest BCUT2D eigenvalue weighted by molar-refractivity contribution is 5.97. The quantitative estimate of drug-likeness (QED) is 0.751. The first-order valence-corrected chi connectivity index (χ1v) is 8.46. The molecule has 3 N–H and O–H groups in total. The minimum absolute atomic E-state index is 0.0952. The lowest BCUT2D eigenvalue weighted by Crippen LogP contribution is -2.31. The number of nitrogens with zero attached hydrogens (tertiary/aromatic N) is 2. The molecule has 1 aliphatic rings. The third-order valence-corrected chi connectivity index (χ3v) is 4.25. The number of urea groups is 1. The molecule has 0 spiro atoms. The van der Waals surface area contributed by atoms with E-state index in [1.165, 1.54) is 0 Å². The van der Waals surface area contributed by atoms with Gasteiger partial charge in [0.1, 0.15) is 0 Å². The highest BCUT2D eigenvalue weighted by atomic mass is 16.2. The summed E-state index contributed by atoms with van der Waals surface area (Å²) in [6.45, 7) is 2.40. The first-order chi connectivity index (χ1) is 12.0. The van der Waals surface area contributed by atoms with Gasteiger partial charge in [-0.05, 0) is 43.5 Å². The van der Waals surface area contributed by atoms with E-state index < -0.39 is 0 Å². The van der Waals surface area contributed by atoms with Gasteiger partial charge in [0.2, 0.25) is 0 Å². The van der Waals surface area contributed by atoms with Crippen LogP contribution in [0.2, 0.25) is 0 Å². The number of carbonyl (C=O) groups is 2. The summed E-state index contributed by atoms with van der Waals surface area (Å²) in [5.41, 5.74) is 3.16. The number of nitrogens with one attached hydrogen (secondary N) is 3. The second kappa shape index (κ2) is 7.38. The van der Waals surface area contributed by atoms with Gasteiger partial charge in [0.25, 0.3) is 5.91 Å². The molecule has 25 heavy (non-hydrogen) atoms. The SMILES string of the molecule is Cc1ccc(C(=O)NC2CC2)cc1NC(=O)NCCc1ccnn1C. The Labute approximate surface area is 146 Å². The highest BCUT2D eigenvalue weighted by Gasteiger charge is 2.24. The average Bonchev–Trinajstić information content (AvgIpc) is 3.30. The lowest BCUT2D eigenvalue weighted by atomic mass is 10.1. The Hall–Kier alpha value is -2.83. The van der Waals surface area contributed by atoms with Crippen molar-refractivity contribution in [1.82, 2.24) is 20.4 Å². The minimum Gasteiger partial charge on any atom is -0.349 e. The van der Waals surface area contributed by atoms with Gasteiger partial charge in [-0.2, -0.15) is 5.10 Å². The van der Waals surface area contributed by atoms with E-state index >= 15 is 0 Å². The van der Waals surface area contributed by atoms with Gasteiger partial charge in [-0.25, -0.2) is 4.79 Å². The number of hydrogen-bond donors (Lipinski definition) is 3. The molecule has 3 amide bonds. The molecule has 1 aromatic heterocycles. The van der Waals surface area contributed by atoms with Gasteiger partial charge in [-0.3, -0.25) is 9.48 Å². The second-order valence-corrected chi connectivity index (χ2v) is 6.35. The zero-order valence-corrected chi connectivity index (χ0v) is 14.5. The zero-order chi connectivity index (χ0) is 17.8. The molecular formula is C18H23N5O2. The number of benzene rings is 1. The highest BCUT2D eigenvalue weighted by Crippen LogP contribution is 2.21. The molecule has 1 aromatic carbocycles. The molecule has 0 saturated heterocycles. The molecule has 0 bridgehead atoms. The van der Waals surface area contributed by atoms with Crippen LogP contribution >= 0.6 is 0 Å². The maximum atomic E-state index is 12.1. The fourth-order valence-corrected chi connectivity index (χ4v) is 2.51. The van der Waals surface area contributed by atoms with Crippen LogP contribution in [0.5, 0.6) is 0 Å². The van der Waals surface area contributed by atoms with E-state index in [4.69, 9.17) is 0 Å². The Bertz CT molecular complexity index is 780. The monoisotopic (exact) mass is 341 g/mol. The number of rotatable bonds is 6. The maximum absolute atomic E-state index is 12.1. The Kier molecular flexibility index (Phi) is 5.02. The fourth-order valence-electron chi connectivity index (χ4n) is 2.51. The number of hydrogen-bond acceptors (Lipinski definition) is 3. The number of aryl methyl sites for hydroxylation is 2. The normalized spacial score (nSPS) is 13.4. The van der Waals surface area contributed by atoms with Crippen LogP contribution in [0.15, 0.2) is 30.5 Å². The molecule has 0 radical (unpaired) electrons. The van der Waals surface area contributed by atoms with Crippen LogP contribution in [0.4, 0.5) is 10.5 Å². The molecule has 0 atom stereocenters. The third-order valence-electron chi connectivity index (χ3n) is 4.25. The molecule has 0 aliphatic heterocycles. The van der Waals surface area contributed by atoms with E-state index in [2.05, 4.69) is 21.0 Å². The lowest BCUT2D eigenvalue weighted by Gasteiger charge is -2.12. The predicted molar refractivity (Wildman–Crippen MR) is 95.6 cm³/mol. The van der Waals surface area contributed by atoms with E-state index in [0.29, 0.717) is 30.3 Å². The molecule has 3 rings (SSSR count). The molecule has 1 heterocycles. The molecular weight excluding hydrogens is 318 g/mol. The molecule has 1 aliphatic carbocycles. The summed E-state index contributed by atoms with van der Waals surface area (Å²) in [6.07, 6.45) is 4.52. The van der Waals surface area contributed by atoms with Crippen LogP contribution in [-0.2, 0) is 13.5 Å². The summed E-state index contributed by atoms with van der Waals surface area (Å²) < 4.78 is 1.78. The van der Waals surface area contributed by atoms with Crippen molar-refractivity contribution >= 4 is 17.6 Å². The Morgan fingerprint density at radius 3 is 2.76 bits per heavy atom. The van der Waals surface area contributed by atoms with Crippen LogP contribution in [-0.4, -0.2) is 34.3 Å². The summed E-state index contributed by atoms with van der Waals surface area (Å²) in [5, 5.41) is 12.7. The number of carbonyl (C=O) groups excluding carboxylic acids is 2. The summed E-state index contributed by atoms with van der Waals surface area (Å²) in [7, 11) is 1.87. The van der Waals surface area contributed by atoms with E-state index in [0.717, 1.165) is 24.1 Å². The number of aromatic nitrogens is 2. The molecule has 2 aromatic rings. The Balaban J connectivity index is 1.54. The van der Waals surface area contributed by atoms with Crippen molar-refractivity contribution in [2.45, 2.75) is 32.2 Å². The van der Waals surface area contributed by atoms with Crippen LogP contribution in [0.1, 0.15) is 34.5 Å². The molecule has 7 heteroatoms. The van der Waals surface area contributed by atoms with Gasteiger partial charge in [-0.15, -0.1) is 0 Å². The van der Waals surface area contributed by atoms with Gasteiger partial charge < -0.3 is 16.0 Å². The third kappa shape index (κ3) is 4.59. The summed E-state index contributed by atoms with van der Waals surface area (Å²) in [5.74, 6) is -0.0952. The molecule has 132 valence electrons. The van der Waals surface area contributed by atoms with Gasteiger partial charge in [-0.1, -0.05) is 6.07 Å². The average molecular weight is 341 g/mol. The minimum atomic E-state index is -0.287. The second-order valence-electron chi connectivity index (χ2n) is 6.35. The largest absolute Gasteiger partial charge is 0.349 e. The molecule has 7 nitrogen and oxygen atoms in total. The summed E-state index contributed by atoms with van der Waals surface area (Å²) >= 11 is 0. The van der Waals surface area contributed by atoms with E-state index in [9.17, 15) is 9.59 Å². The standard InChI is InChI=1S/C18H23N5O2/c1-12-3-4-13(17(24)21-14-5-6-14)11-16(12)22-18(25)19-9-7-15-8-10-20-23(15)2/h3-4,8,10-11,14H,5-7,9H2,1-2H3,(H,21,24)(H2,19,22,25). The first-order valence-electron chi connectivity index (χ1n) is 8.46. The van der Waals surface area contributed by atoms with Crippen molar-refractivity contribution in [1.29, 1.82) is 0 Å². The smallest absolute Gasteiger partial charge is 0.319 e. The van der Waals surface area contributed by atoms with E-state index in [1.807, 2.05) is 26.1 Å². The van der Waals surface area contributed by atoms with Crippen molar-refractivity contribution in [3.63, 3.8) is 0 Å². The lowest BCUT2D eigenvalue weighted by molar-refractivity contribution is 0.0951. The van der Waals surface area contributed by atoms with E-state index in [1.54, 1.807) is 23.0 Å². The Morgan fingerprint density at radius 1 is 1.28 bits per heavy atom. The molecule has 0 unspecified atom stereocenters. The van der Waals surface area contributed by atoms with Crippen molar-refractivity contribution in [3.8, 4) is 0 Å². The van der Waals surface area contributed by atoms with Crippen LogP contribution in [0, 0.1) is 6.92 Å². The van der Waals surface area contributed by atoms with Gasteiger partial charge >= 0.3 is 6.03 Å².